The van der Waals surface area contributed by atoms with Crippen molar-refractivity contribution in [3.63, 3.8) is 0 Å². The van der Waals surface area contributed by atoms with Gasteiger partial charge < -0.3 is 0 Å². The van der Waals surface area contributed by atoms with Crippen molar-refractivity contribution in [3.8, 4) is 0 Å². The lowest BCUT2D eigenvalue weighted by atomic mass is 10.1. The molecule has 29 heavy (non-hydrogen) atoms. The van der Waals surface area contributed by atoms with Crippen LogP contribution in [0.15, 0.2) is 60.8 Å². The molecule has 0 aliphatic rings. The Bertz CT molecular complexity index is 1040. The van der Waals surface area contributed by atoms with E-state index >= 15 is 0 Å². The molecular formula is C24H24IN2O2+. The van der Waals surface area contributed by atoms with Crippen molar-refractivity contribution in [2.75, 3.05) is 5.32 Å². The summed E-state index contributed by atoms with van der Waals surface area (Å²) >= 11 is 2.18. The van der Waals surface area contributed by atoms with Crippen LogP contribution in [0.4, 0.5) is 5.82 Å². The molecule has 3 aromatic rings. The van der Waals surface area contributed by atoms with E-state index in [0.29, 0.717) is 16.9 Å². The molecule has 0 saturated carbocycles. The number of nitrogens with one attached hydrogen (secondary N) is 1. The number of benzene rings is 2. The van der Waals surface area contributed by atoms with Crippen molar-refractivity contribution < 1.29 is 14.2 Å². The smallest absolute Gasteiger partial charge is 0.241 e. The van der Waals surface area contributed by atoms with Gasteiger partial charge in [0.2, 0.25) is 0 Å². The summed E-state index contributed by atoms with van der Waals surface area (Å²) in [6.45, 7) is 6.04. The maximum Gasteiger partial charge on any atom is 0.345 e. The molecule has 2 aromatic carbocycles. The number of nitrogens with zero attached hydrogens (tertiary/aromatic N) is 1. The standard InChI is InChI=1S/C24H23IN2O2/c1-4-17-6-10-19(11-7-17)23(28)26-22-16(3)14-21(25)15-27(22)24(29)20-12-8-18(5-2)9-13-20/h6-15H,4-5H2,1-3H3/p+1. The number of hydrogen-bond acceptors (Lipinski definition) is 2. The molecule has 0 aliphatic heterocycles. The molecule has 0 radical (unpaired) electrons. The molecule has 5 heteroatoms. The predicted molar refractivity (Wildman–Crippen MR) is 123 cm³/mol. The van der Waals surface area contributed by atoms with Gasteiger partial charge in [-0.25, -0.2) is 14.9 Å². The van der Waals surface area contributed by atoms with Gasteiger partial charge in [0, 0.05) is 5.56 Å². The highest BCUT2D eigenvalue weighted by molar-refractivity contribution is 14.1. The number of pyridine rings is 1. The van der Waals surface area contributed by atoms with Gasteiger partial charge in [0.15, 0.2) is 0 Å². The zero-order valence-electron chi connectivity index (χ0n) is 16.8. The third-order valence-corrected chi connectivity index (χ3v) is 5.50. The molecule has 148 valence electrons. The lowest BCUT2D eigenvalue weighted by molar-refractivity contribution is -0.556. The fourth-order valence-corrected chi connectivity index (χ4v) is 3.85. The van der Waals surface area contributed by atoms with Gasteiger partial charge in [-0.3, -0.25) is 0 Å². The zero-order valence-corrected chi connectivity index (χ0v) is 19.0. The Kier molecular flexibility index (Phi) is 6.79. The van der Waals surface area contributed by atoms with Crippen LogP contribution in [-0.2, 0) is 12.8 Å². The highest BCUT2D eigenvalue weighted by atomic mass is 127. The van der Waals surface area contributed by atoms with Crippen LogP contribution >= 0.6 is 22.6 Å². The maximum absolute atomic E-state index is 13.2. The summed E-state index contributed by atoms with van der Waals surface area (Å²) in [5.41, 5.74) is 4.32. The minimum absolute atomic E-state index is 0.175. The van der Waals surface area contributed by atoms with Crippen molar-refractivity contribution in [1.82, 2.24) is 0 Å². The minimum atomic E-state index is -0.236. The van der Waals surface area contributed by atoms with E-state index in [1.54, 1.807) is 6.20 Å². The Morgan fingerprint density at radius 1 is 0.897 bits per heavy atom. The molecule has 0 unspecified atom stereocenters. The van der Waals surface area contributed by atoms with Gasteiger partial charge in [0.05, 0.1) is 14.7 Å². The summed E-state index contributed by atoms with van der Waals surface area (Å²) in [6, 6.07) is 17.0. The number of halogens is 1. The van der Waals surface area contributed by atoms with Crippen LogP contribution < -0.4 is 9.88 Å². The zero-order chi connectivity index (χ0) is 21.0. The van der Waals surface area contributed by atoms with E-state index in [0.717, 1.165) is 22.0 Å². The fraction of sp³-hybridized carbons (Fsp3) is 0.208. The van der Waals surface area contributed by atoms with Gasteiger partial charge >= 0.3 is 11.8 Å². The minimum Gasteiger partial charge on any atom is -0.241 e. The second-order valence-electron chi connectivity index (χ2n) is 6.92. The number of hydrogen-bond donors (Lipinski definition) is 1. The molecule has 0 atom stereocenters. The summed E-state index contributed by atoms with van der Waals surface area (Å²) in [6.07, 6.45) is 3.59. The van der Waals surface area contributed by atoms with Crippen molar-refractivity contribution in [2.45, 2.75) is 33.6 Å². The lowest BCUT2D eigenvalue weighted by Crippen LogP contribution is -2.46. The first-order chi connectivity index (χ1) is 13.9. The topological polar surface area (TPSA) is 50.1 Å². The van der Waals surface area contributed by atoms with Crippen LogP contribution in [0.25, 0.3) is 0 Å². The van der Waals surface area contributed by atoms with E-state index in [1.807, 2.05) is 61.5 Å². The van der Waals surface area contributed by atoms with E-state index in [1.165, 1.54) is 15.7 Å². The van der Waals surface area contributed by atoms with Crippen LogP contribution in [0.5, 0.6) is 0 Å². The number of carbonyl (C=O) groups excluding carboxylic acids is 2. The Morgan fingerprint density at radius 3 is 1.93 bits per heavy atom. The van der Waals surface area contributed by atoms with E-state index in [9.17, 15) is 9.59 Å². The molecule has 0 saturated heterocycles. The molecule has 1 heterocycles. The van der Waals surface area contributed by atoms with Crippen LogP contribution in [0.3, 0.4) is 0 Å². The average Bonchev–Trinajstić information content (AvgIpc) is 2.75. The molecule has 0 bridgehead atoms. The summed E-state index contributed by atoms with van der Waals surface area (Å²) in [5, 5.41) is 2.93. The largest absolute Gasteiger partial charge is 0.345 e. The normalized spacial score (nSPS) is 10.6. The molecule has 1 aromatic heterocycles. The van der Waals surface area contributed by atoms with Crippen LogP contribution in [-0.4, -0.2) is 11.8 Å². The van der Waals surface area contributed by atoms with Gasteiger partial charge in [-0.15, -0.1) is 0 Å². The number of aromatic nitrogens is 1. The van der Waals surface area contributed by atoms with Gasteiger partial charge in [-0.1, -0.05) is 38.1 Å². The molecule has 0 aliphatic carbocycles. The van der Waals surface area contributed by atoms with Gasteiger partial charge in [-0.2, -0.15) is 4.57 Å². The van der Waals surface area contributed by atoms with Crippen LogP contribution in [0.1, 0.15) is 51.3 Å². The Labute approximate surface area is 185 Å². The maximum atomic E-state index is 13.2. The summed E-state index contributed by atoms with van der Waals surface area (Å²) in [4.78, 5) is 26.0. The second-order valence-corrected chi connectivity index (χ2v) is 8.17. The third kappa shape index (κ3) is 4.90. The molecule has 0 spiro atoms. The number of rotatable bonds is 5. The predicted octanol–water partition coefficient (Wildman–Crippen LogP) is 4.95. The molecule has 1 amide bonds. The lowest BCUT2D eigenvalue weighted by Gasteiger charge is -2.09. The Hall–Kier alpha value is -2.54. The van der Waals surface area contributed by atoms with E-state index < -0.39 is 0 Å². The van der Waals surface area contributed by atoms with Crippen molar-refractivity contribution in [3.05, 3.63) is 92.2 Å². The third-order valence-electron chi connectivity index (χ3n) is 4.91. The summed E-state index contributed by atoms with van der Waals surface area (Å²) in [5.74, 6) is 0.0743. The quantitative estimate of drug-likeness (QED) is 0.399. The van der Waals surface area contributed by atoms with Gasteiger partial charge in [0.1, 0.15) is 6.20 Å². The van der Waals surface area contributed by atoms with E-state index in [-0.39, 0.29) is 11.8 Å². The molecular weight excluding hydrogens is 475 g/mol. The SMILES string of the molecule is CCc1ccc(C(=O)Nc2c(C)cc(I)c[n+]2C(=O)c2ccc(CC)cc2)cc1. The second kappa shape index (κ2) is 9.31. The highest BCUT2D eigenvalue weighted by Crippen LogP contribution is 2.16. The van der Waals surface area contributed by atoms with Crippen molar-refractivity contribution >= 4 is 40.2 Å². The highest BCUT2D eigenvalue weighted by Gasteiger charge is 2.25. The first kappa shape index (κ1) is 21.2. The Balaban J connectivity index is 1.95. The molecule has 4 nitrogen and oxygen atoms in total. The fourth-order valence-electron chi connectivity index (χ4n) is 3.10. The number of aryl methyl sites for hydroxylation is 3. The molecule has 0 fully saturated rings. The molecule has 3 rings (SSSR count). The first-order valence-corrected chi connectivity index (χ1v) is 10.8. The number of anilines is 1. The van der Waals surface area contributed by atoms with Gasteiger partial charge in [-0.05, 0) is 83.8 Å². The summed E-state index contributed by atoms with van der Waals surface area (Å²) in [7, 11) is 0. The van der Waals surface area contributed by atoms with Crippen LogP contribution in [0, 0.1) is 10.5 Å². The number of amides is 1. The molecule has 1 N–H and O–H groups in total. The van der Waals surface area contributed by atoms with E-state index in [4.69, 9.17) is 0 Å². The summed E-state index contributed by atoms with van der Waals surface area (Å²) < 4.78 is 2.44. The van der Waals surface area contributed by atoms with Crippen molar-refractivity contribution in [2.24, 2.45) is 0 Å². The van der Waals surface area contributed by atoms with Gasteiger partial charge in [0.25, 0.3) is 5.82 Å². The van der Waals surface area contributed by atoms with E-state index in [2.05, 4.69) is 41.8 Å². The monoisotopic (exact) mass is 499 g/mol. The van der Waals surface area contributed by atoms with Crippen molar-refractivity contribution in [1.29, 1.82) is 0 Å². The first-order valence-electron chi connectivity index (χ1n) is 9.68. The average molecular weight is 499 g/mol. The Morgan fingerprint density at radius 2 is 1.41 bits per heavy atom. The number of carbonyl (C=O) groups is 2. The van der Waals surface area contributed by atoms with Crippen LogP contribution in [0.2, 0.25) is 0 Å².